The van der Waals surface area contributed by atoms with Gasteiger partial charge in [-0.25, -0.2) is 14.4 Å². The van der Waals surface area contributed by atoms with Gasteiger partial charge in [-0.15, -0.1) is 0 Å². The van der Waals surface area contributed by atoms with Crippen LogP contribution in [-0.2, 0) is 4.74 Å². The molecular formula is C27H33FN6O2. The Morgan fingerprint density at radius 3 is 2.61 bits per heavy atom. The van der Waals surface area contributed by atoms with Crippen LogP contribution >= 0.6 is 0 Å². The van der Waals surface area contributed by atoms with Gasteiger partial charge in [-0.3, -0.25) is 0 Å². The molecule has 9 heteroatoms. The molecule has 0 unspecified atom stereocenters. The number of anilines is 4. The van der Waals surface area contributed by atoms with Gasteiger partial charge in [0.25, 0.3) is 0 Å². The van der Waals surface area contributed by atoms with Gasteiger partial charge in [-0.1, -0.05) is 19.9 Å². The summed E-state index contributed by atoms with van der Waals surface area (Å²) in [6, 6.07) is 8.33. The summed E-state index contributed by atoms with van der Waals surface area (Å²) in [4.78, 5) is 17.9. The predicted molar refractivity (Wildman–Crippen MR) is 139 cm³/mol. The maximum absolute atomic E-state index is 14.4. The van der Waals surface area contributed by atoms with Gasteiger partial charge >= 0.3 is 0 Å². The van der Waals surface area contributed by atoms with E-state index in [4.69, 9.17) is 9.72 Å². The summed E-state index contributed by atoms with van der Waals surface area (Å²) in [6.45, 7) is 10.3. The number of hydrogen-bond donors (Lipinski definition) is 2. The van der Waals surface area contributed by atoms with Gasteiger partial charge < -0.3 is 25.0 Å². The number of pyridine rings is 1. The predicted octanol–water partition coefficient (Wildman–Crippen LogP) is 4.03. The molecule has 6 rings (SSSR count). The zero-order valence-corrected chi connectivity index (χ0v) is 21.0. The average molecular weight is 493 g/mol. The van der Waals surface area contributed by atoms with Crippen LogP contribution in [0, 0.1) is 5.41 Å². The van der Waals surface area contributed by atoms with E-state index in [2.05, 4.69) is 52.2 Å². The number of halogens is 1. The van der Waals surface area contributed by atoms with Crippen molar-refractivity contribution in [1.29, 1.82) is 0 Å². The molecule has 1 spiro atoms. The molecular weight excluding hydrogens is 459 g/mol. The number of alkyl halides is 1. The Labute approximate surface area is 210 Å². The molecule has 5 heterocycles. The highest BCUT2D eigenvalue weighted by molar-refractivity contribution is 5.98. The first kappa shape index (κ1) is 23.4. The van der Waals surface area contributed by atoms with Gasteiger partial charge in [-0.2, -0.15) is 4.98 Å². The molecule has 1 aromatic carbocycles. The smallest absolute Gasteiger partial charge is 0.227 e. The molecule has 0 bridgehead atoms. The molecule has 190 valence electrons. The van der Waals surface area contributed by atoms with Crippen LogP contribution in [0.4, 0.5) is 27.7 Å². The van der Waals surface area contributed by atoms with Gasteiger partial charge in [0, 0.05) is 43.1 Å². The van der Waals surface area contributed by atoms with Crippen LogP contribution in [0.15, 0.2) is 36.7 Å². The zero-order valence-electron chi connectivity index (χ0n) is 21.0. The lowest BCUT2D eigenvalue weighted by molar-refractivity contribution is -0.126. The van der Waals surface area contributed by atoms with E-state index in [1.165, 1.54) is 23.6 Å². The average Bonchev–Trinajstić information content (AvgIpc) is 2.79. The van der Waals surface area contributed by atoms with Crippen molar-refractivity contribution in [3.05, 3.63) is 42.2 Å². The quantitative estimate of drug-likeness (QED) is 0.552. The Morgan fingerprint density at radius 1 is 1.11 bits per heavy atom. The SMILES string of the molecule is CC(C)c1ccc(N2CC3(COC3)C2)c2cnc(Nc3ccnc(N4CC[C@@](C)(O)[C@@H](F)C4)n3)cc12. The van der Waals surface area contributed by atoms with Crippen LogP contribution in [0.5, 0.6) is 0 Å². The fourth-order valence-electron chi connectivity index (χ4n) is 5.48. The maximum atomic E-state index is 14.4. The highest BCUT2D eigenvalue weighted by atomic mass is 19.1. The first-order valence-electron chi connectivity index (χ1n) is 12.7. The minimum absolute atomic E-state index is 0.0646. The van der Waals surface area contributed by atoms with Crippen molar-refractivity contribution in [1.82, 2.24) is 15.0 Å². The molecule has 3 aliphatic heterocycles. The van der Waals surface area contributed by atoms with E-state index >= 15 is 0 Å². The highest BCUT2D eigenvalue weighted by Crippen LogP contribution is 2.43. The normalized spacial score (nSPS) is 25.2. The number of aliphatic hydroxyl groups is 1. The molecule has 3 aromatic rings. The number of fused-ring (bicyclic) bond motifs is 1. The van der Waals surface area contributed by atoms with E-state index in [-0.39, 0.29) is 6.54 Å². The fourth-order valence-corrected chi connectivity index (χ4v) is 5.48. The summed E-state index contributed by atoms with van der Waals surface area (Å²) in [5.74, 6) is 2.10. The Hall–Kier alpha value is -3.04. The lowest BCUT2D eigenvalue weighted by atomic mass is 9.77. The van der Waals surface area contributed by atoms with E-state index < -0.39 is 11.8 Å². The summed E-state index contributed by atoms with van der Waals surface area (Å²) in [7, 11) is 0. The summed E-state index contributed by atoms with van der Waals surface area (Å²) in [5, 5.41) is 15.8. The lowest BCUT2D eigenvalue weighted by Gasteiger charge is -2.56. The summed E-state index contributed by atoms with van der Waals surface area (Å²) < 4.78 is 19.8. The van der Waals surface area contributed by atoms with E-state index in [9.17, 15) is 9.50 Å². The number of rotatable bonds is 5. The topological polar surface area (TPSA) is 86.6 Å². The van der Waals surface area contributed by atoms with Crippen molar-refractivity contribution >= 4 is 34.0 Å². The van der Waals surface area contributed by atoms with Gasteiger partial charge in [0.05, 0.1) is 30.8 Å². The van der Waals surface area contributed by atoms with Crippen LogP contribution in [0.25, 0.3) is 10.8 Å². The molecule has 2 atom stereocenters. The van der Waals surface area contributed by atoms with Gasteiger partial charge in [-0.05, 0) is 48.4 Å². The van der Waals surface area contributed by atoms with Crippen LogP contribution in [0.3, 0.4) is 0 Å². The molecule has 0 radical (unpaired) electrons. The number of nitrogens with zero attached hydrogens (tertiary/aromatic N) is 5. The lowest BCUT2D eigenvalue weighted by Crippen LogP contribution is -2.66. The van der Waals surface area contributed by atoms with Crippen LogP contribution in [0.2, 0.25) is 0 Å². The first-order valence-corrected chi connectivity index (χ1v) is 12.7. The maximum Gasteiger partial charge on any atom is 0.227 e. The monoisotopic (exact) mass is 492 g/mol. The third-order valence-electron chi connectivity index (χ3n) is 7.87. The Morgan fingerprint density at radius 2 is 1.92 bits per heavy atom. The molecule has 0 saturated carbocycles. The van der Waals surface area contributed by atoms with Gasteiger partial charge in [0.2, 0.25) is 5.95 Å². The van der Waals surface area contributed by atoms with Crippen molar-refractivity contribution < 1.29 is 14.2 Å². The molecule has 2 aromatic heterocycles. The summed E-state index contributed by atoms with van der Waals surface area (Å²) in [5.41, 5.74) is 1.53. The van der Waals surface area contributed by atoms with Crippen molar-refractivity contribution in [2.24, 2.45) is 5.41 Å². The Kier molecular flexibility index (Phi) is 5.53. The minimum atomic E-state index is -1.35. The number of nitrogens with one attached hydrogen (secondary N) is 1. The minimum Gasteiger partial charge on any atom is -0.387 e. The fraction of sp³-hybridized carbons (Fsp3) is 0.519. The molecule has 0 aliphatic carbocycles. The molecule has 2 N–H and O–H groups in total. The number of ether oxygens (including phenoxy) is 1. The molecule has 36 heavy (non-hydrogen) atoms. The van der Waals surface area contributed by atoms with E-state index in [0.717, 1.165) is 31.7 Å². The second-order valence-corrected chi connectivity index (χ2v) is 11.2. The van der Waals surface area contributed by atoms with Crippen LogP contribution in [-0.4, -0.2) is 71.2 Å². The number of benzene rings is 1. The van der Waals surface area contributed by atoms with E-state index in [1.54, 1.807) is 17.2 Å². The Balaban J connectivity index is 1.26. The molecule has 3 saturated heterocycles. The van der Waals surface area contributed by atoms with Crippen LogP contribution in [0.1, 0.15) is 38.7 Å². The molecule has 0 amide bonds. The third kappa shape index (κ3) is 4.04. The van der Waals surface area contributed by atoms with Crippen molar-refractivity contribution in [2.45, 2.75) is 44.9 Å². The second-order valence-electron chi connectivity index (χ2n) is 11.2. The number of hydrogen-bond acceptors (Lipinski definition) is 8. The zero-order chi connectivity index (χ0) is 25.1. The van der Waals surface area contributed by atoms with Crippen molar-refractivity contribution in [2.75, 3.05) is 54.5 Å². The van der Waals surface area contributed by atoms with Crippen molar-refractivity contribution in [3.8, 4) is 0 Å². The van der Waals surface area contributed by atoms with Crippen molar-refractivity contribution in [3.63, 3.8) is 0 Å². The van der Waals surface area contributed by atoms with E-state index in [1.807, 2.05) is 6.20 Å². The van der Waals surface area contributed by atoms with Crippen LogP contribution < -0.4 is 15.1 Å². The van der Waals surface area contributed by atoms with E-state index in [0.29, 0.717) is 41.9 Å². The summed E-state index contributed by atoms with van der Waals surface area (Å²) >= 11 is 0. The van der Waals surface area contributed by atoms with Gasteiger partial charge in [0.1, 0.15) is 17.8 Å². The molecule has 3 aliphatic rings. The highest BCUT2D eigenvalue weighted by Gasteiger charge is 2.49. The molecule has 8 nitrogen and oxygen atoms in total. The number of piperidine rings is 1. The first-order chi connectivity index (χ1) is 17.2. The Bertz CT molecular complexity index is 1290. The second kappa shape index (κ2) is 8.52. The largest absolute Gasteiger partial charge is 0.387 e. The number of aromatic nitrogens is 3. The third-order valence-corrected chi connectivity index (χ3v) is 7.87. The molecule has 3 fully saturated rings. The summed E-state index contributed by atoms with van der Waals surface area (Å²) in [6.07, 6.45) is 2.58. The van der Waals surface area contributed by atoms with Gasteiger partial charge in [0.15, 0.2) is 0 Å². The standard InChI is InChI=1S/C27H33FN6O2/c1-17(2)18-4-5-21(34-13-27(14-34)15-36-16-27)20-11-30-24(10-19(18)20)31-23-6-8-29-25(32-23)33-9-7-26(3,35)22(28)12-33/h4-6,8,10-11,17,22,35H,7,9,12-16H2,1-3H3,(H,29,30,31,32)/t22-,26+/m0/s1.